The van der Waals surface area contributed by atoms with Crippen molar-refractivity contribution < 1.29 is 27.4 Å². The zero-order chi connectivity index (χ0) is 23.3. The van der Waals surface area contributed by atoms with Gasteiger partial charge in [-0.2, -0.15) is 18.2 Å². The minimum Gasteiger partial charge on any atom is -0.462 e. The number of rotatable bonds is 7. The van der Waals surface area contributed by atoms with Crippen LogP contribution in [0.4, 0.5) is 13.2 Å². The Kier molecular flexibility index (Phi) is 7.15. The summed E-state index contributed by atoms with van der Waals surface area (Å²) in [6.45, 7) is 5.42. The van der Waals surface area contributed by atoms with E-state index in [4.69, 9.17) is 21.1 Å². The molecule has 0 unspecified atom stereocenters. The number of benzene rings is 2. The zero-order valence-corrected chi connectivity index (χ0v) is 17.7. The topological polar surface area (TPSA) is 61.3 Å². The van der Waals surface area contributed by atoms with Gasteiger partial charge in [0, 0.05) is 16.1 Å². The molecule has 0 N–H and O–H groups in total. The van der Waals surface area contributed by atoms with Crippen molar-refractivity contribution in [1.82, 2.24) is 9.97 Å². The quantitative estimate of drug-likeness (QED) is 0.296. The normalized spacial score (nSPS) is 11.2. The zero-order valence-electron chi connectivity index (χ0n) is 16.9. The molecule has 0 saturated carbocycles. The average molecular weight is 463 g/mol. The highest BCUT2D eigenvalue weighted by Crippen LogP contribution is 2.37. The van der Waals surface area contributed by atoms with Crippen molar-refractivity contribution in [3.63, 3.8) is 0 Å². The second-order valence-electron chi connectivity index (χ2n) is 6.52. The number of alkyl halides is 3. The molecule has 0 aliphatic rings. The molecular formula is C23H18ClF3N2O3. The number of esters is 1. The lowest BCUT2D eigenvalue weighted by molar-refractivity contribution is -0.141. The van der Waals surface area contributed by atoms with Gasteiger partial charge in [0.25, 0.3) is 0 Å². The van der Waals surface area contributed by atoms with Gasteiger partial charge < -0.3 is 9.47 Å². The Balaban J connectivity index is 2.07. The van der Waals surface area contributed by atoms with Crippen molar-refractivity contribution in [2.75, 3.05) is 6.61 Å². The number of nitrogens with zero attached hydrogens (tertiary/aromatic N) is 2. The molecule has 2 aromatic carbocycles. The molecular weight excluding hydrogens is 445 g/mol. The summed E-state index contributed by atoms with van der Waals surface area (Å²) in [5, 5.41) is 0.422. The smallest absolute Gasteiger partial charge is 0.433 e. The van der Waals surface area contributed by atoms with Gasteiger partial charge in [-0.05, 0) is 61.9 Å². The van der Waals surface area contributed by atoms with Crippen LogP contribution in [0.2, 0.25) is 5.02 Å². The molecule has 32 heavy (non-hydrogen) atoms. The second-order valence-corrected chi connectivity index (χ2v) is 6.96. The molecule has 1 heterocycles. The monoisotopic (exact) mass is 462 g/mol. The highest BCUT2D eigenvalue weighted by atomic mass is 35.5. The lowest BCUT2D eigenvalue weighted by Crippen LogP contribution is -2.15. The van der Waals surface area contributed by atoms with E-state index in [2.05, 4.69) is 16.5 Å². The van der Waals surface area contributed by atoms with Crippen molar-refractivity contribution in [3.8, 4) is 23.0 Å². The van der Waals surface area contributed by atoms with E-state index in [1.165, 1.54) is 54.6 Å². The van der Waals surface area contributed by atoms with Crippen LogP contribution in [0.5, 0.6) is 11.6 Å². The molecule has 0 aliphatic carbocycles. The molecule has 166 valence electrons. The largest absolute Gasteiger partial charge is 0.462 e. The predicted octanol–water partition coefficient (Wildman–Crippen LogP) is 6.51. The summed E-state index contributed by atoms with van der Waals surface area (Å²) >= 11 is 5.87. The minimum absolute atomic E-state index is 0.161. The van der Waals surface area contributed by atoms with Crippen molar-refractivity contribution in [2.45, 2.75) is 19.5 Å². The maximum Gasteiger partial charge on any atom is 0.433 e. The van der Waals surface area contributed by atoms with Crippen LogP contribution in [0.15, 0.2) is 61.2 Å². The van der Waals surface area contributed by atoms with Crippen molar-refractivity contribution in [2.24, 2.45) is 0 Å². The van der Waals surface area contributed by atoms with Crippen LogP contribution in [0.1, 0.15) is 28.5 Å². The average Bonchev–Trinajstić information content (AvgIpc) is 2.75. The van der Waals surface area contributed by atoms with E-state index >= 15 is 0 Å². The number of carbonyl (C=O) groups is 1. The number of hydrogen-bond donors (Lipinski definition) is 0. The lowest BCUT2D eigenvalue weighted by Gasteiger charge is -2.17. The highest BCUT2D eigenvalue weighted by molar-refractivity contribution is 6.30. The van der Waals surface area contributed by atoms with Crippen LogP contribution in [0.3, 0.4) is 0 Å². The molecule has 0 spiro atoms. The van der Waals surface area contributed by atoms with E-state index in [1.807, 2.05) is 0 Å². The van der Waals surface area contributed by atoms with E-state index in [0.29, 0.717) is 10.6 Å². The Hall–Kier alpha value is -3.39. The molecule has 3 aromatic rings. The van der Waals surface area contributed by atoms with Crippen molar-refractivity contribution in [3.05, 3.63) is 83.0 Å². The molecule has 0 fully saturated rings. The van der Waals surface area contributed by atoms with Gasteiger partial charge >= 0.3 is 12.1 Å². The number of allylic oxidation sites excluding steroid dienone is 1. The van der Waals surface area contributed by atoms with Gasteiger partial charge in [0.2, 0.25) is 5.88 Å². The molecule has 0 saturated heterocycles. The van der Waals surface area contributed by atoms with Gasteiger partial charge in [0.15, 0.2) is 11.5 Å². The molecule has 3 rings (SSSR count). The van der Waals surface area contributed by atoms with Gasteiger partial charge in [-0.3, -0.25) is 0 Å². The van der Waals surface area contributed by atoms with E-state index in [0.717, 1.165) is 0 Å². The van der Waals surface area contributed by atoms with Gasteiger partial charge in [-0.1, -0.05) is 17.7 Å². The van der Waals surface area contributed by atoms with E-state index in [-0.39, 0.29) is 41.6 Å². The fraction of sp³-hybridized carbons (Fsp3) is 0.174. The number of carbonyl (C=O) groups excluding carboxylic acids is 1. The maximum atomic E-state index is 13.8. The molecule has 0 bridgehead atoms. The maximum absolute atomic E-state index is 13.8. The number of halogens is 4. The molecule has 0 amide bonds. The fourth-order valence-electron chi connectivity index (χ4n) is 2.82. The van der Waals surface area contributed by atoms with Gasteiger partial charge in [0.1, 0.15) is 5.75 Å². The first-order chi connectivity index (χ1) is 15.2. The molecule has 5 nitrogen and oxygen atoms in total. The van der Waals surface area contributed by atoms with Gasteiger partial charge in [-0.25, -0.2) is 9.78 Å². The molecule has 0 atom stereocenters. The molecule has 0 aliphatic heterocycles. The standard InChI is InChI=1S/C23H18ClF3N2O3/c1-3-5-18-19(23(25,26)27)28-20(14-6-10-16(24)11-7-14)29-21(18)32-17-12-8-15(9-13-17)22(30)31-4-2/h3,6-13H,1,4-5H2,2H3. The lowest BCUT2D eigenvalue weighted by atomic mass is 10.1. The third kappa shape index (κ3) is 5.45. The summed E-state index contributed by atoms with van der Waals surface area (Å²) in [6, 6.07) is 11.9. The second kappa shape index (κ2) is 9.82. The van der Waals surface area contributed by atoms with Gasteiger partial charge in [0.05, 0.1) is 12.2 Å². The number of ether oxygens (including phenoxy) is 2. The number of aromatic nitrogens is 2. The van der Waals surface area contributed by atoms with Crippen LogP contribution in [-0.2, 0) is 17.3 Å². The van der Waals surface area contributed by atoms with Crippen molar-refractivity contribution in [1.29, 1.82) is 0 Å². The Morgan fingerprint density at radius 2 is 1.75 bits per heavy atom. The van der Waals surface area contributed by atoms with Crippen LogP contribution >= 0.6 is 11.6 Å². The molecule has 0 radical (unpaired) electrons. The molecule has 9 heteroatoms. The SMILES string of the molecule is C=CCc1c(Oc2ccc(C(=O)OCC)cc2)nc(-c2ccc(Cl)cc2)nc1C(F)(F)F. The summed E-state index contributed by atoms with van der Waals surface area (Å²) in [7, 11) is 0. The van der Waals surface area contributed by atoms with Crippen LogP contribution in [0.25, 0.3) is 11.4 Å². The Morgan fingerprint density at radius 1 is 1.09 bits per heavy atom. The van der Waals surface area contributed by atoms with Crippen LogP contribution in [0, 0.1) is 0 Å². The minimum atomic E-state index is -4.74. The van der Waals surface area contributed by atoms with E-state index < -0.39 is 17.8 Å². The Labute approximate surface area is 187 Å². The number of hydrogen-bond acceptors (Lipinski definition) is 5. The van der Waals surface area contributed by atoms with E-state index in [9.17, 15) is 18.0 Å². The first kappa shape index (κ1) is 23.3. The van der Waals surface area contributed by atoms with Crippen molar-refractivity contribution >= 4 is 17.6 Å². The predicted molar refractivity (Wildman–Crippen MR) is 114 cm³/mol. The summed E-state index contributed by atoms with van der Waals surface area (Å²) in [5.41, 5.74) is -0.742. The fourth-order valence-corrected chi connectivity index (χ4v) is 2.95. The summed E-state index contributed by atoms with van der Waals surface area (Å²) in [6.07, 6.45) is -3.59. The van der Waals surface area contributed by atoms with Gasteiger partial charge in [-0.15, -0.1) is 6.58 Å². The third-order valence-corrected chi connectivity index (χ3v) is 4.52. The molecule has 1 aromatic heterocycles. The summed E-state index contributed by atoms with van der Waals surface area (Å²) in [4.78, 5) is 19.8. The Morgan fingerprint density at radius 3 is 2.31 bits per heavy atom. The first-order valence-electron chi connectivity index (χ1n) is 9.53. The van der Waals surface area contributed by atoms with E-state index in [1.54, 1.807) is 6.92 Å². The first-order valence-corrected chi connectivity index (χ1v) is 9.90. The van der Waals surface area contributed by atoms with Crippen LogP contribution in [-0.4, -0.2) is 22.5 Å². The van der Waals surface area contributed by atoms with Crippen LogP contribution < -0.4 is 4.74 Å². The summed E-state index contributed by atoms with van der Waals surface area (Å²) < 4.78 is 52.1. The summed E-state index contributed by atoms with van der Waals surface area (Å²) in [5.74, 6) is -0.754. The highest BCUT2D eigenvalue weighted by Gasteiger charge is 2.38. The third-order valence-electron chi connectivity index (χ3n) is 4.27. The Bertz CT molecular complexity index is 1120.